The Morgan fingerprint density at radius 3 is 2.42 bits per heavy atom. The molecule has 0 spiro atoms. The van der Waals surface area contributed by atoms with Crippen LogP contribution in [0.3, 0.4) is 0 Å². The van der Waals surface area contributed by atoms with E-state index >= 15 is 0 Å². The standard InChI is InChI=1S/C13H23N3O3/c1-5-8-14-13(11(17)19-4)6-9-16(10-7-13)12(18)15(2)3/h5,14H,1,6-10H2,2-4H3. The molecule has 1 N–H and O–H groups in total. The summed E-state index contributed by atoms with van der Waals surface area (Å²) in [5.74, 6) is -0.272. The van der Waals surface area contributed by atoms with E-state index in [0.717, 1.165) is 0 Å². The maximum absolute atomic E-state index is 12.0. The highest BCUT2D eigenvalue weighted by Gasteiger charge is 2.42. The lowest BCUT2D eigenvalue weighted by Crippen LogP contribution is -2.60. The zero-order chi connectivity index (χ0) is 14.5. The lowest BCUT2D eigenvalue weighted by atomic mass is 9.87. The van der Waals surface area contributed by atoms with Crippen LogP contribution >= 0.6 is 0 Å². The number of amides is 2. The Balaban J connectivity index is 2.71. The van der Waals surface area contributed by atoms with Gasteiger partial charge in [0.2, 0.25) is 0 Å². The number of nitrogens with one attached hydrogen (secondary N) is 1. The average Bonchev–Trinajstić information content (AvgIpc) is 2.43. The van der Waals surface area contributed by atoms with E-state index in [1.807, 2.05) is 0 Å². The predicted octanol–water partition coefficient (Wildman–Crippen LogP) is 0.451. The number of likely N-dealkylation sites (tertiary alicyclic amines) is 1. The van der Waals surface area contributed by atoms with Crippen LogP contribution in [0.1, 0.15) is 12.8 Å². The lowest BCUT2D eigenvalue weighted by molar-refractivity contribution is -0.150. The van der Waals surface area contributed by atoms with Crippen molar-refractivity contribution in [2.75, 3.05) is 40.8 Å². The van der Waals surface area contributed by atoms with Gasteiger partial charge in [0.15, 0.2) is 0 Å². The van der Waals surface area contributed by atoms with Gasteiger partial charge in [-0.05, 0) is 12.8 Å². The number of esters is 1. The third-order valence-corrected chi connectivity index (χ3v) is 3.43. The topological polar surface area (TPSA) is 61.9 Å². The maximum atomic E-state index is 12.0. The minimum atomic E-state index is -0.702. The zero-order valence-corrected chi connectivity index (χ0v) is 11.9. The van der Waals surface area contributed by atoms with Gasteiger partial charge < -0.3 is 14.5 Å². The highest BCUT2D eigenvalue weighted by molar-refractivity contribution is 5.82. The van der Waals surface area contributed by atoms with Crippen LogP contribution < -0.4 is 5.32 Å². The van der Waals surface area contributed by atoms with Gasteiger partial charge in [0, 0.05) is 33.7 Å². The Labute approximate surface area is 114 Å². The third kappa shape index (κ3) is 3.47. The van der Waals surface area contributed by atoms with Gasteiger partial charge in [0.05, 0.1) is 7.11 Å². The molecule has 0 bridgehead atoms. The van der Waals surface area contributed by atoms with Gasteiger partial charge in [0.25, 0.3) is 0 Å². The Bertz CT molecular complexity index is 347. The molecule has 1 rings (SSSR count). The second-order valence-electron chi connectivity index (χ2n) is 4.91. The van der Waals surface area contributed by atoms with Crippen LogP contribution in [0.2, 0.25) is 0 Å². The number of ether oxygens (including phenoxy) is 1. The van der Waals surface area contributed by atoms with E-state index < -0.39 is 5.54 Å². The fraction of sp³-hybridized carbons (Fsp3) is 0.692. The van der Waals surface area contributed by atoms with Crippen molar-refractivity contribution in [3.8, 4) is 0 Å². The molecule has 0 saturated carbocycles. The predicted molar refractivity (Wildman–Crippen MR) is 72.8 cm³/mol. The molecule has 1 heterocycles. The molecule has 19 heavy (non-hydrogen) atoms. The summed E-state index contributed by atoms with van der Waals surface area (Å²) in [5, 5.41) is 3.18. The first kappa shape index (κ1) is 15.5. The van der Waals surface area contributed by atoms with Crippen molar-refractivity contribution in [2.45, 2.75) is 18.4 Å². The molecule has 1 saturated heterocycles. The van der Waals surface area contributed by atoms with E-state index in [-0.39, 0.29) is 12.0 Å². The molecular formula is C13H23N3O3. The van der Waals surface area contributed by atoms with Gasteiger partial charge in [-0.3, -0.25) is 10.1 Å². The number of methoxy groups -OCH3 is 1. The minimum absolute atomic E-state index is 0.0258. The smallest absolute Gasteiger partial charge is 0.326 e. The molecule has 0 aromatic heterocycles. The fourth-order valence-corrected chi connectivity index (χ4v) is 2.28. The SMILES string of the molecule is C=CCNC1(C(=O)OC)CCN(C(=O)N(C)C)CC1. The van der Waals surface area contributed by atoms with Gasteiger partial charge in [-0.15, -0.1) is 6.58 Å². The average molecular weight is 269 g/mol. The van der Waals surface area contributed by atoms with Crippen molar-refractivity contribution in [1.29, 1.82) is 0 Å². The Kier molecular flexibility index (Phi) is 5.35. The van der Waals surface area contributed by atoms with Crippen molar-refractivity contribution >= 4 is 12.0 Å². The third-order valence-electron chi connectivity index (χ3n) is 3.43. The zero-order valence-electron chi connectivity index (χ0n) is 11.9. The van der Waals surface area contributed by atoms with Crippen molar-refractivity contribution in [3.63, 3.8) is 0 Å². The molecule has 6 nitrogen and oxygen atoms in total. The lowest BCUT2D eigenvalue weighted by Gasteiger charge is -2.40. The molecule has 1 aliphatic rings. The van der Waals surface area contributed by atoms with Crippen LogP contribution in [-0.4, -0.2) is 68.2 Å². The molecule has 0 radical (unpaired) electrons. The molecule has 2 amide bonds. The van der Waals surface area contributed by atoms with Gasteiger partial charge >= 0.3 is 12.0 Å². The summed E-state index contributed by atoms with van der Waals surface area (Å²) >= 11 is 0. The highest BCUT2D eigenvalue weighted by Crippen LogP contribution is 2.24. The summed E-state index contributed by atoms with van der Waals surface area (Å²) in [6.07, 6.45) is 2.81. The number of piperidine rings is 1. The molecular weight excluding hydrogens is 246 g/mol. The minimum Gasteiger partial charge on any atom is -0.468 e. The summed E-state index contributed by atoms with van der Waals surface area (Å²) in [6.45, 7) is 5.26. The van der Waals surface area contributed by atoms with Crippen molar-refractivity contribution in [2.24, 2.45) is 0 Å². The molecule has 0 atom stereocenters. The molecule has 108 valence electrons. The van der Waals surface area contributed by atoms with E-state index in [1.54, 1.807) is 30.0 Å². The summed E-state index contributed by atoms with van der Waals surface area (Å²) < 4.78 is 4.88. The summed E-state index contributed by atoms with van der Waals surface area (Å²) in [5.41, 5.74) is -0.702. The van der Waals surface area contributed by atoms with Crippen LogP contribution in [-0.2, 0) is 9.53 Å². The number of carbonyl (C=O) groups is 2. The number of hydrogen-bond acceptors (Lipinski definition) is 4. The van der Waals surface area contributed by atoms with Crippen molar-refractivity contribution in [1.82, 2.24) is 15.1 Å². The van der Waals surface area contributed by atoms with Crippen LogP contribution in [0.5, 0.6) is 0 Å². The maximum Gasteiger partial charge on any atom is 0.326 e. The molecule has 0 aromatic rings. The number of nitrogens with zero attached hydrogens (tertiary/aromatic N) is 2. The van der Waals surface area contributed by atoms with E-state index in [9.17, 15) is 9.59 Å². The summed E-state index contributed by atoms with van der Waals surface area (Å²) in [6, 6.07) is -0.0258. The van der Waals surface area contributed by atoms with E-state index in [2.05, 4.69) is 11.9 Å². The monoisotopic (exact) mass is 269 g/mol. The molecule has 1 aliphatic heterocycles. The normalized spacial score (nSPS) is 17.7. The van der Waals surface area contributed by atoms with E-state index in [4.69, 9.17) is 4.74 Å². The van der Waals surface area contributed by atoms with Gasteiger partial charge in [-0.25, -0.2) is 4.79 Å². The van der Waals surface area contributed by atoms with E-state index in [0.29, 0.717) is 32.5 Å². The molecule has 0 aliphatic carbocycles. The Morgan fingerprint density at radius 1 is 1.42 bits per heavy atom. The summed E-state index contributed by atoms with van der Waals surface area (Å²) in [4.78, 5) is 27.1. The first-order chi connectivity index (χ1) is 8.96. The number of hydrogen-bond donors (Lipinski definition) is 1. The first-order valence-electron chi connectivity index (χ1n) is 6.37. The largest absolute Gasteiger partial charge is 0.468 e. The quantitative estimate of drug-likeness (QED) is 0.594. The van der Waals surface area contributed by atoms with Crippen LogP contribution in [0.15, 0.2) is 12.7 Å². The van der Waals surface area contributed by atoms with Gasteiger partial charge in [0.1, 0.15) is 5.54 Å². The summed E-state index contributed by atoms with van der Waals surface area (Å²) in [7, 11) is 4.83. The Hall–Kier alpha value is -1.56. The van der Waals surface area contributed by atoms with Crippen molar-refractivity contribution in [3.05, 3.63) is 12.7 Å². The van der Waals surface area contributed by atoms with Gasteiger partial charge in [-0.2, -0.15) is 0 Å². The molecule has 0 aromatic carbocycles. The Morgan fingerprint density at radius 2 is 2.00 bits per heavy atom. The first-order valence-corrected chi connectivity index (χ1v) is 6.37. The van der Waals surface area contributed by atoms with E-state index in [1.165, 1.54) is 7.11 Å². The van der Waals surface area contributed by atoms with Crippen LogP contribution in [0, 0.1) is 0 Å². The van der Waals surface area contributed by atoms with Gasteiger partial charge in [-0.1, -0.05) is 6.08 Å². The fourth-order valence-electron chi connectivity index (χ4n) is 2.28. The number of carbonyl (C=O) groups excluding carboxylic acids is 2. The van der Waals surface area contributed by atoms with Crippen LogP contribution in [0.25, 0.3) is 0 Å². The number of urea groups is 1. The second-order valence-corrected chi connectivity index (χ2v) is 4.91. The molecule has 1 fully saturated rings. The van der Waals surface area contributed by atoms with Crippen LogP contribution in [0.4, 0.5) is 4.79 Å². The number of rotatable bonds is 4. The molecule has 6 heteroatoms. The highest BCUT2D eigenvalue weighted by atomic mass is 16.5. The molecule has 0 unspecified atom stereocenters. The second kappa shape index (κ2) is 6.56. The van der Waals surface area contributed by atoms with Crippen molar-refractivity contribution < 1.29 is 14.3 Å².